The van der Waals surface area contributed by atoms with Crippen molar-refractivity contribution in [3.8, 4) is 0 Å². The van der Waals surface area contributed by atoms with Gasteiger partial charge in [-0.25, -0.2) is 0 Å². The summed E-state index contributed by atoms with van der Waals surface area (Å²) in [5.74, 6) is -0.201. The molecule has 0 aromatic heterocycles. The van der Waals surface area contributed by atoms with E-state index in [0.29, 0.717) is 25.9 Å². The maximum Gasteiger partial charge on any atom is 0.305 e. The van der Waals surface area contributed by atoms with Crippen molar-refractivity contribution in [2.75, 3.05) is 6.61 Å². The van der Waals surface area contributed by atoms with Crippen molar-refractivity contribution in [1.29, 1.82) is 0 Å². The van der Waals surface area contributed by atoms with Crippen LogP contribution < -0.4 is 0 Å². The van der Waals surface area contributed by atoms with Crippen molar-refractivity contribution in [3.63, 3.8) is 0 Å². The fourth-order valence-corrected chi connectivity index (χ4v) is 2.21. The van der Waals surface area contributed by atoms with Crippen LogP contribution in [0.2, 0.25) is 0 Å². The van der Waals surface area contributed by atoms with Gasteiger partial charge in [-0.2, -0.15) is 0 Å². The molecule has 0 aliphatic carbocycles. The van der Waals surface area contributed by atoms with Crippen LogP contribution in [0.4, 0.5) is 0 Å². The summed E-state index contributed by atoms with van der Waals surface area (Å²) in [5.41, 5.74) is 12.0. The maximum atomic E-state index is 11.3. The first-order valence-corrected chi connectivity index (χ1v) is 6.85. The Morgan fingerprint density at radius 1 is 1.45 bits per heavy atom. The third-order valence-electron chi connectivity index (χ3n) is 3.14. The van der Waals surface area contributed by atoms with Gasteiger partial charge in [0.25, 0.3) is 0 Å². The fourth-order valence-electron chi connectivity index (χ4n) is 2.21. The Morgan fingerprint density at radius 3 is 2.80 bits per heavy atom. The van der Waals surface area contributed by atoms with Gasteiger partial charge in [-0.05, 0) is 50.3 Å². The molecule has 0 aliphatic rings. The van der Waals surface area contributed by atoms with Gasteiger partial charge in [0.05, 0.1) is 12.6 Å². The molecule has 1 atom stereocenters. The van der Waals surface area contributed by atoms with Gasteiger partial charge in [-0.3, -0.25) is 4.79 Å². The molecule has 0 bridgehead atoms. The molecule has 1 aromatic carbocycles. The van der Waals surface area contributed by atoms with Crippen LogP contribution >= 0.6 is 0 Å². The molecular formula is C15H21N3O2. The van der Waals surface area contributed by atoms with E-state index in [1.165, 1.54) is 5.56 Å². The summed E-state index contributed by atoms with van der Waals surface area (Å²) < 4.78 is 4.89. The number of aryl methyl sites for hydroxylation is 2. The lowest BCUT2D eigenvalue weighted by molar-refractivity contribution is -0.143. The minimum atomic E-state index is -0.227. The fraction of sp³-hybridized carbons (Fsp3) is 0.533. The number of carbonyl (C=O) groups is 1. The lowest BCUT2D eigenvalue weighted by atomic mass is 9.96. The molecule has 0 aliphatic heterocycles. The molecule has 108 valence electrons. The van der Waals surface area contributed by atoms with Gasteiger partial charge in [-0.1, -0.05) is 28.9 Å². The normalized spacial score (nSPS) is 11.6. The minimum absolute atomic E-state index is 0.201. The molecule has 0 fully saturated rings. The predicted molar refractivity (Wildman–Crippen MR) is 78.3 cm³/mol. The molecule has 20 heavy (non-hydrogen) atoms. The quantitative estimate of drug-likeness (QED) is 0.320. The van der Waals surface area contributed by atoms with Gasteiger partial charge in [0, 0.05) is 11.3 Å². The number of esters is 1. The average Bonchev–Trinajstić information content (AvgIpc) is 2.38. The number of azide groups is 1. The van der Waals surface area contributed by atoms with E-state index in [2.05, 4.69) is 16.1 Å². The van der Waals surface area contributed by atoms with E-state index in [1.807, 2.05) is 26.0 Å². The second kappa shape index (κ2) is 8.23. The molecule has 1 aromatic rings. The summed E-state index contributed by atoms with van der Waals surface area (Å²) in [5, 5.41) is 3.86. The highest BCUT2D eigenvalue weighted by atomic mass is 16.5. The number of ether oxygens (including phenoxy) is 1. The molecule has 5 nitrogen and oxygen atoms in total. The van der Waals surface area contributed by atoms with Crippen LogP contribution in [0.3, 0.4) is 0 Å². The van der Waals surface area contributed by atoms with Crippen LogP contribution in [0.25, 0.3) is 10.4 Å². The molecule has 0 amide bonds. The van der Waals surface area contributed by atoms with Crippen molar-refractivity contribution in [2.24, 2.45) is 5.11 Å². The SMILES string of the molecule is CCOC(=O)CCCC(N=[N+]=[N-])c1ccc(C)cc1C. The number of hydrogen-bond donors (Lipinski definition) is 0. The molecule has 0 spiro atoms. The Bertz CT molecular complexity index is 508. The first kappa shape index (κ1) is 16.1. The van der Waals surface area contributed by atoms with E-state index < -0.39 is 0 Å². The first-order valence-electron chi connectivity index (χ1n) is 6.85. The van der Waals surface area contributed by atoms with Crippen LogP contribution in [-0.2, 0) is 9.53 Å². The number of carbonyl (C=O) groups excluding carboxylic acids is 1. The Kier molecular flexibility index (Phi) is 6.60. The lowest BCUT2D eigenvalue weighted by Crippen LogP contribution is -2.05. The van der Waals surface area contributed by atoms with Crippen molar-refractivity contribution in [2.45, 2.75) is 46.1 Å². The molecule has 0 heterocycles. The third-order valence-corrected chi connectivity index (χ3v) is 3.14. The van der Waals surface area contributed by atoms with E-state index in [9.17, 15) is 4.79 Å². The maximum absolute atomic E-state index is 11.3. The minimum Gasteiger partial charge on any atom is -0.466 e. The summed E-state index contributed by atoms with van der Waals surface area (Å²) in [6.07, 6.45) is 1.65. The van der Waals surface area contributed by atoms with E-state index in [-0.39, 0.29) is 12.0 Å². The Labute approximate surface area is 119 Å². The smallest absolute Gasteiger partial charge is 0.305 e. The molecule has 1 unspecified atom stereocenters. The Hall–Kier alpha value is -2.00. The van der Waals surface area contributed by atoms with E-state index in [4.69, 9.17) is 10.3 Å². The van der Waals surface area contributed by atoms with Crippen molar-refractivity contribution in [3.05, 3.63) is 45.3 Å². The first-order chi connectivity index (χ1) is 9.58. The number of nitrogens with zero attached hydrogens (tertiary/aromatic N) is 3. The third kappa shape index (κ3) is 4.94. The van der Waals surface area contributed by atoms with Crippen LogP contribution in [0.1, 0.15) is 48.9 Å². The molecule has 0 saturated carbocycles. The topological polar surface area (TPSA) is 75.1 Å². The van der Waals surface area contributed by atoms with Gasteiger partial charge < -0.3 is 4.74 Å². The van der Waals surface area contributed by atoms with Crippen LogP contribution in [0.5, 0.6) is 0 Å². The van der Waals surface area contributed by atoms with E-state index in [0.717, 1.165) is 11.1 Å². The van der Waals surface area contributed by atoms with Crippen molar-refractivity contribution < 1.29 is 9.53 Å². The zero-order valence-electron chi connectivity index (χ0n) is 12.3. The Balaban J connectivity index is 2.69. The van der Waals surface area contributed by atoms with Crippen molar-refractivity contribution >= 4 is 5.97 Å². The largest absolute Gasteiger partial charge is 0.466 e. The van der Waals surface area contributed by atoms with Crippen molar-refractivity contribution in [1.82, 2.24) is 0 Å². The molecule has 1 rings (SSSR count). The van der Waals surface area contributed by atoms with Gasteiger partial charge in [-0.15, -0.1) is 0 Å². The van der Waals surface area contributed by atoms with Gasteiger partial charge in [0.1, 0.15) is 0 Å². The van der Waals surface area contributed by atoms with Gasteiger partial charge in [0.15, 0.2) is 0 Å². The molecular weight excluding hydrogens is 254 g/mol. The standard InChI is InChI=1S/C15H21N3O2/c1-4-20-15(19)7-5-6-14(17-18-16)13-9-8-11(2)10-12(13)3/h8-10,14H,4-7H2,1-3H3. The number of hydrogen-bond acceptors (Lipinski definition) is 3. The highest BCUT2D eigenvalue weighted by molar-refractivity contribution is 5.69. The summed E-state index contributed by atoms with van der Waals surface area (Å²) in [6, 6.07) is 5.85. The second-order valence-electron chi connectivity index (χ2n) is 4.78. The zero-order chi connectivity index (χ0) is 15.0. The van der Waals surface area contributed by atoms with Gasteiger partial charge in [0.2, 0.25) is 0 Å². The van der Waals surface area contributed by atoms with Crippen LogP contribution in [0.15, 0.2) is 23.3 Å². The summed E-state index contributed by atoms with van der Waals surface area (Å²) in [7, 11) is 0. The summed E-state index contributed by atoms with van der Waals surface area (Å²) >= 11 is 0. The monoisotopic (exact) mass is 275 g/mol. The summed E-state index contributed by atoms with van der Waals surface area (Å²) in [6.45, 7) is 6.22. The molecule has 0 saturated heterocycles. The molecule has 5 heteroatoms. The van der Waals surface area contributed by atoms with Crippen LogP contribution in [-0.4, -0.2) is 12.6 Å². The lowest BCUT2D eigenvalue weighted by Gasteiger charge is -2.14. The zero-order valence-corrected chi connectivity index (χ0v) is 12.3. The number of benzene rings is 1. The summed E-state index contributed by atoms with van der Waals surface area (Å²) in [4.78, 5) is 14.2. The molecule has 0 radical (unpaired) electrons. The van der Waals surface area contributed by atoms with Gasteiger partial charge >= 0.3 is 5.97 Å². The van der Waals surface area contributed by atoms with E-state index in [1.54, 1.807) is 6.92 Å². The highest BCUT2D eigenvalue weighted by Gasteiger charge is 2.13. The Morgan fingerprint density at radius 2 is 2.20 bits per heavy atom. The second-order valence-corrected chi connectivity index (χ2v) is 4.78. The average molecular weight is 275 g/mol. The predicted octanol–water partition coefficient (Wildman–Crippen LogP) is 4.39. The molecule has 0 N–H and O–H groups in total. The number of rotatable bonds is 7. The highest BCUT2D eigenvalue weighted by Crippen LogP contribution is 2.27. The van der Waals surface area contributed by atoms with Crippen LogP contribution in [0, 0.1) is 13.8 Å². The van der Waals surface area contributed by atoms with E-state index >= 15 is 0 Å².